The van der Waals surface area contributed by atoms with Gasteiger partial charge >= 0.3 is 0 Å². The lowest BCUT2D eigenvalue weighted by atomic mass is 10.1. The monoisotopic (exact) mass is 277 g/mol. The summed E-state index contributed by atoms with van der Waals surface area (Å²) in [6.07, 6.45) is 0. The number of hydrogen-bond donors (Lipinski definition) is 1. The van der Waals surface area contributed by atoms with Crippen molar-refractivity contribution < 1.29 is 4.74 Å². The third-order valence-electron chi connectivity index (χ3n) is 2.80. The van der Waals surface area contributed by atoms with E-state index in [2.05, 4.69) is 9.97 Å². The molecule has 19 heavy (non-hydrogen) atoms. The van der Waals surface area contributed by atoms with Crippen LogP contribution in [-0.4, -0.2) is 17.1 Å². The van der Waals surface area contributed by atoms with E-state index in [-0.39, 0.29) is 0 Å². The summed E-state index contributed by atoms with van der Waals surface area (Å²) in [5.74, 6) is 1.38. The van der Waals surface area contributed by atoms with Crippen molar-refractivity contribution in [2.75, 3.05) is 7.11 Å². The van der Waals surface area contributed by atoms with Crippen molar-refractivity contribution in [3.63, 3.8) is 0 Å². The number of benzene rings is 1. The van der Waals surface area contributed by atoms with E-state index in [1.54, 1.807) is 7.11 Å². The topological polar surface area (TPSA) is 61.0 Å². The maximum absolute atomic E-state index is 6.12. The van der Waals surface area contributed by atoms with Gasteiger partial charge in [0.1, 0.15) is 11.6 Å². The zero-order valence-corrected chi connectivity index (χ0v) is 12.0. The van der Waals surface area contributed by atoms with E-state index < -0.39 is 0 Å². The summed E-state index contributed by atoms with van der Waals surface area (Å²) in [7, 11) is 1.64. The molecular weight excluding hydrogens is 262 g/mol. The molecule has 5 heteroatoms. The van der Waals surface area contributed by atoms with Crippen molar-refractivity contribution in [2.45, 2.75) is 20.4 Å². The number of methoxy groups -OCH3 is 1. The molecule has 0 atom stereocenters. The zero-order chi connectivity index (χ0) is 14.0. The van der Waals surface area contributed by atoms with E-state index in [4.69, 9.17) is 22.1 Å². The molecule has 0 amide bonds. The van der Waals surface area contributed by atoms with Crippen LogP contribution in [-0.2, 0) is 6.54 Å². The van der Waals surface area contributed by atoms with E-state index in [9.17, 15) is 0 Å². The molecule has 0 radical (unpaired) electrons. The van der Waals surface area contributed by atoms with Crippen LogP contribution in [0.5, 0.6) is 5.75 Å². The molecule has 1 aromatic carbocycles. The largest absolute Gasteiger partial charge is 0.496 e. The molecule has 0 saturated heterocycles. The number of aromatic nitrogens is 2. The molecule has 0 saturated carbocycles. The van der Waals surface area contributed by atoms with Crippen LogP contribution in [0.25, 0.3) is 11.3 Å². The second-order valence-electron chi connectivity index (χ2n) is 4.32. The second-order valence-corrected chi connectivity index (χ2v) is 4.75. The fourth-order valence-corrected chi connectivity index (χ4v) is 2.32. The first-order valence-corrected chi connectivity index (χ1v) is 6.32. The van der Waals surface area contributed by atoms with Gasteiger partial charge in [-0.3, -0.25) is 0 Å². The third-order valence-corrected chi connectivity index (χ3v) is 3.02. The van der Waals surface area contributed by atoms with E-state index in [0.717, 1.165) is 28.3 Å². The summed E-state index contributed by atoms with van der Waals surface area (Å²) in [6, 6.07) is 5.60. The Hall–Kier alpha value is -1.65. The number of ether oxygens (including phenoxy) is 1. The number of aryl methyl sites for hydroxylation is 2. The third kappa shape index (κ3) is 2.85. The lowest BCUT2D eigenvalue weighted by Crippen LogP contribution is -2.05. The highest BCUT2D eigenvalue weighted by molar-refractivity contribution is 6.31. The molecule has 0 unspecified atom stereocenters. The van der Waals surface area contributed by atoms with Crippen molar-refractivity contribution in [2.24, 2.45) is 5.73 Å². The van der Waals surface area contributed by atoms with Crippen LogP contribution < -0.4 is 10.5 Å². The molecule has 0 aliphatic rings. The first-order chi connectivity index (χ1) is 9.05. The molecular formula is C14H16ClN3O. The Kier molecular flexibility index (Phi) is 4.02. The maximum Gasteiger partial charge on any atom is 0.142 e. The van der Waals surface area contributed by atoms with Crippen molar-refractivity contribution in [1.82, 2.24) is 9.97 Å². The van der Waals surface area contributed by atoms with Crippen molar-refractivity contribution in [1.29, 1.82) is 0 Å². The van der Waals surface area contributed by atoms with Gasteiger partial charge in [-0.1, -0.05) is 11.6 Å². The summed E-state index contributed by atoms with van der Waals surface area (Å²) >= 11 is 6.12. The van der Waals surface area contributed by atoms with Crippen molar-refractivity contribution in [3.8, 4) is 17.0 Å². The zero-order valence-electron chi connectivity index (χ0n) is 11.2. The average Bonchev–Trinajstić information content (AvgIpc) is 2.37. The molecule has 0 fully saturated rings. The van der Waals surface area contributed by atoms with E-state index in [1.165, 1.54) is 0 Å². The Balaban J connectivity index is 2.67. The number of hydrogen-bond acceptors (Lipinski definition) is 4. The lowest BCUT2D eigenvalue weighted by Gasteiger charge is -2.12. The van der Waals surface area contributed by atoms with Crippen LogP contribution in [0.3, 0.4) is 0 Å². The van der Waals surface area contributed by atoms with E-state index in [1.807, 2.05) is 32.0 Å². The van der Waals surface area contributed by atoms with Gasteiger partial charge in [0, 0.05) is 16.3 Å². The maximum atomic E-state index is 6.12. The Bertz CT molecular complexity index is 614. The van der Waals surface area contributed by atoms with Gasteiger partial charge in [0.05, 0.1) is 19.3 Å². The molecule has 4 nitrogen and oxygen atoms in total. The van der Waals surface area contributed by atoms with Gasteiger partial charge in [-0.25, -0.2) is 9.97 Å². The molecule has 1 heterocycles. The first kappa shape index (κ1) is 13.8. The number of halogens is 1. The first-order valence-electron chi connectivity index (χ1n) is 5.94. The minimum atomic E-state index is 0.302. The van der Waals surface area contributed by atoms with Gasteiger partial charge in [0.15, 0.2) is 0 Å². The Morgan fingerprint density at radius 2 is 1.95 bits per heavy atom. The van der Waals surface area contributed by atoms with E-state index in [0.29, 0.717) is 17.4 Å². The molecule has 2 N–H and O–H groups in total. The minimum absolute atomic E-state index is 0.302. The molecule has 0 aliphatic carbocycles. The van der Waals surface area contributed by atoms with E-state index >= 15 is 0 Å². The van der Waals surface area contributed by atoms with Crippen LogP contribution in [0.2, 0.25) is 5.02 Å². The summed E-state index contributed by atoms with van der Waals surface area (Å²) < 4.78 is 5.45. The quantitative estimate of drug-likeness (QED) is 0.937. The Labute approximate surface area is 117 Å². The number of nitrogens with two attached hydrogens (primary N) is 1. The smallest absolute Gasteiger partial charge is 0.142 e. The highest BCUT2D eigenvalue weighted by Gasteiger charge is 2.13. The van der Waals surface area contributed by atoms with Crippen LogP contribution in [0.1, 0.15) is 17.1 Å². The van der Waals surface area contributed by atoms with Gasteiger partial charge in [-0.05, 0) is 37.6 Å². The number of nitrogens with zero attached hydrogens (tertiary/aromatic N) is 2. The predicted octanol–water partition coefficient (Wildman–Crippen LogP) is 2.88. The van der Waals surface area contributed by atoms with Gasteiger partial charge in [-0.2, -0.15) is 0 Å². The van der Waals surface area contributed by atoms with Gasteiger partial charge < -0.3 is 10.5 Å². The lowest BCUT2D eigenvalue weighted by molar-refractivity contribution is 0.413. The van der Waals surface area contributed by atoms with Gasteiger partial charge in [-0.15, -0.1) is 0 Å². The van der Waals surface area contributed by atoms with Crippen LogP contribution >= 0.6 is 11.6 Å². The highest BCUT2D eigenvalue weighted by atomic mass is 35.5. The van der Waals surface area contributed by atoms with Gasteiger partial charge in [0.2, 0.25) is 0 Å². The molecule has 0 bridgehead atoms. The summed E-state index contributed by atoms with van der Waals surface area (Å²) in [6.45, 7) is 4.16. The summed E-state index contributed by atoms with van der Waals surface area (Å²) in [5.41, 5.74) is 9.08. The van der Waals surface area contributed by atoms with Crippen molar-refractivity contribution >= 4 is 11.6 Å². The highest BCUT2D eigenvalue weighted by Crippen LogP contribution is 2.34. The Morgan fingerprint density at radius 1 is 1.21 bits per heavy atom. The van der Waals surface area contributed by atoms with Crippen LogP contribution in [0, 0.1) is 13.8 Å². The van der Waals surface area contributed by atoms with Crippen molar-refractivity contribution in [3.05, 3.63) is 40.3 Å². The predicted molar refractivity (Wildman–Crippen MR) is 76.4 cm³/mol. The average molecular weight is 278 g/mol. The molecule has 0 aliphatic heterocycles. The standard InChI is InChI=1S/C14H16ClN3O/c1-8-4-10(15)6-11(14(8)19-3)12-5-9(2)17-13(7-16)18-12/h4-6H,7,16H2,1-3H3. The van der Waals surface area contributed by atoms with Crippen LogP contribution in [0.4, 0.5) is 0 Å². The van der Waals surface area contributed by atoms with Crippen LogP contribution in [0.15, 0.2) is 18.2 Å². The molecule has 1 aromatic heterocycles. The fourth-order valence-electron chi connectivity index (χ4n) is 2.05. The second kappa shape index (κ2) is 5.55. The molecule has 2 rings (SSSR count). The molecule has 2 aromatic rings. The molecule has 0 spiro atoms. The Morgan fingerprint density at radius 3 is 2.58 bits per heavy atom. The SMILES string of the molecule is COc1c(C)cc(Cl)cc1-c1cc(C)nc(CN)n1. The normalized spacial score (nSPS) is 10.6. The minimum Gasteiger partial charge on any atom is -0.496 e. The van der Waals surface area contributed by atoms with Gasteiger partial charge in [0.25, 0.3) is 0 Å². The molecule has 100 valence electrons. The summed E-state index contributed by atoms with van der Waals surface area (Å²) in [5, 5.41) is 0.652. The number of rotatable bonds is 3. The fraction of sp³-hybridized carbons (Fsp3) is 0.286. The summed E-state index contributed by atoms with van der Waals surface area (Å²) in [4.78, 5) is 8.71.